The number of hydrogen-bond donors (Lipinski definition) is 1. The summed E-state index contributed by atoms with van der Waals surface area (Å²) in [6, 6.07) is 8.78. The standard InChI is InChI=1S/C16H19FN2O/c1-3-8-18-11-13-7-6-12(10-14(13)17)16-15(20-2)5-4-9-19-16/h4-7,9-10,18H,3,8,11H2,1-2H3. The molecule has 0 saturated heterocycles. The Morgan fingerprint density at radius 1 is 1.30 bits per heavy atom. The van der Waals surface area contributed by atoms with Crippen LogP contribution >= 0.6 is 0 Å². The maximum Gasteiger partial charge on any atom is 0.145 e. The van der Waals surface area contributed by atoms with Gasteiger partial charge < -0.3 is 10.1 Å². The molecule has 20 heavy (non-hydrogen) atoms. The minimum Gasteiger partial charge on any atom is -0.494 e. The lowest BCUT2D eigenvalue weighted by Crippen LogP contribution is -2.14. The van der Waals surface area contributed by atoms with Gasteiger partial charge in [-0.05, 0) is 31.2 Å². The Morgan fingerprint density at radius 3 is 2.85 bits per heavy atom. The second-order valence-electron chi connectivity index (χ2n) is 4.54. The molecule has 2 rings (SSSR count). The van der Waals surface area contributed by atoms with Crippen LogP contribution in [0.2, 0.25) is 0 Å². The Bertz CT molecular complexity index is 572. The highest BCUT2D eigenvalue weighted by molar-refractivity contribution is 5.66. The van der Waals surface area contributed by atoms with Crippen molar-refractivity contribution in [1.82, 2.24) is 10.3 Å². The first-order valence-electron chi connectivity index (χ1n) is 6.74. The number of nitrogens with zero attached hydrogens (tertiary/aromatic N) is 1. The van der Waals surface area contributed by atoms with Crippen molar-refractivity contribution in [2.75, 3.05) is 13.7 Å². The van der Waals surface area contributed by atoms with Gasteiger partial charge in [0.15, 0.2) is 0 Å². The van der Waals surface area contributed by atoms with Crippen molar-refractivity contribution in [3.8, 4) is 17.0 Å². The smallest absolute Gasteiger partial charge is 0.145 e. The van der Waals surface area contributed by atoms with E-state index in [1.54, 1.807) is 25.4 Å². The fourth-order valence-electron chi connectivity index (χ4n) is 2.01. The van der Waals surface area contributed by atoms with Gasteiger partial charge in [-0.1, -0.05) is 19.1 Å². The van der Waals surface area contributed by atoms with Crippen molar-refractivity contribution in [2.45, 2.75) is 19.9 Å². The summed E-state index contributed by atoms with van der Waals surface area (Å²) < 4.78 is 19.3. The summed E-state index contributed by atoms with van der Waals surface area (Å²) in [7, 11) is 1.58. The summed E-state index contributed by atoms with van der Waals surface area (Å²) >= 11 is 0. The lowest BCUT2D eigenvalue weighted by atomic mass is 10.1. The van der Waals surface area contributed by atoms with Crippen LogP contribution < -0.4 is 10.1 Å². The molecule has 0 aliphatic rings. The van der Waals surface area contributed by atoms with Gasteiger partial charge >= 0.3 is 0 Å². The Balaban J connectivity index is 2.24. The van der Waals surface area contributed by atoms with E-state index in [0.29, 0.717) is 23.6 Å². The molecule has 0 unspecified atom stereocenters. The zero-order chi connectivity index (χ0) is 14.4. The van der Waals surface area contributed by atoms with Crippen LogP contribution in [-0.2, 0) is 6.54 Å². The zero-order valence-corrected chi connectivity index (χ0v) is 11.8. The third kappa shape index (κ3) is 3.33. The average molecular weight is 274 g/mol. The lowest BCUT2D eigenvalue weighted by molar-refractivity contribution is 0.415. The molecule has 0 aliphatic carbocycles. The number of aromatic nitrogens is 1. The van der Waals surface area contributed by atoms with Gasteiger partial charge in [0.25, 0.3) is 0 Å². The largest absolute Gasteiger partial charge is 0.494 e. The maximum absolute atomic E-state index is 14.1. The molecule has 0 aliphatic heterocycles. The number of nitrogens with one attached hydrogen (secondary N) is 1. The number of pyridine rings is 1. The van der Waals surface area contributed by atoms with E-state index in [9.17, 15) is 4.39 Å². The average Bonchev–Trinajstić information content (AvgIpc) is 2.49. The molecular weight excluding hydrogens is 255 g/mol. The third-order valence-electron chi connectivity index (χ3n) is 3.06. The number of rotatable bonds is 6. The van der Waals surface area contributed by atoms with Crippen LogP contribution in [0.3, 0.4) is 0 Å². The topological polar surface area (TPSA) is 34.2 Å². The van der Waals surface area contributed by atoms with Crippen molar-refractivity contribution >= 4 is 0 Å². The molecule has 106 valence electrons. The first-order valence-corrected chi connectivity index (χ1v) is 6.74. The van der Waals surface area contributed by atoms with Gasteiger partial charge in [-0.3, -0.25) is 4.98 Å². The highest BCUT2D eigenvalue weighted by atomic mass is 19.1. The Hall–Kier alpha value is -1.94. The highest BCUT2D eigenvalue weighted by Crippen LogP contribution is 2.28. The monoisotopic (exact) mass is 274 g/mol. The van der Waals surface area contributed by atoms with Gasteiger partial charge in [-0.15, -0.1) is 0 Å². The normalized spacial score (nSPS) is 10.6. The van der Waals surface area contributed by atoms with E-state index >= 15 is 0 Å². The second kappa shape index (κ2) is 7.01. The molecule has 1 heterocycles. The summed E-state index contributed by atoms with van der Waals surface area (Å²) in [6.07, 6.45) is 2.71. The van der Waals surface area contributed by atoms with Gasteiger partial charge in [-0.2, -0.15) is 0 Å². The predicted octanol–water partition coefficient (Wildman–Crippen LogP) is 3.40. The quantitative estimate of drug-likeness (QED) is 0.820. The molecule has 1 aromatic heterocycles. The van der Waals surface area contributed by atoms with Crippen LogP contribution in [0.15, 0.2) is 36.5 Å². The van der Waals surface area contributed by atoms with Crippen molar-refractivity contribution in [3.63, 3.8) is 0 Å². The molecule has 2 aromatic rings. The van der Waals surface area contributed by atoms with Crippen LogP contribution in [0.1, 0.15) is 18.9 Å². The number of benzene rings is 1. The third-order valence-corrected chi connectivity index (χ3v) is 3.06. The van der Waals surface area contributed by atoms with Crippen LogP contribution in [-0.4, -0.2) is 18.6 Å². The summed E-state index contributed by atoms with van der Waals surface area (Å²) in [5.41, 5.74) is 2.04. The number of halogens is 1. The predicted molar refractivity (Wildman–Crippen MR) is 78.2 cm³/mol. The first kappa shape index (κ1) is 14.5. The first-order chi connectivity index (χ1) is 9.76. The molecule has 1 N–H and O–H groups in total. The molecule has 0 spiro atoms. The fourth-order valence-corrected chi connectivity index (χ4v) is 2.01. The Morgan fingerprint density at radius 2 is 2.15 bits per heavy atom. The molecule has 1 aromatic carbocycles. The van der Waals surface area contributed by atoms with E-state index in [0.717, 1.165) is 18.5 Å². The van der Waals surface area contributed by atoms with E-state index in [1.165, 1.54) is 6.07 Å². The highest BCUT2D eigenvalue weighted by Gasteiger charge is 2.09. The van der Waals surface area contributed by atoms with Crippen molar-refractivity contribution in [3.05, 3.63) is 47.9 Å². The van der Waals surface area contributed by atoms with Gasteiger partial charge in [0.1, 0.15) is 17.3 Å². The van der Waals surface area contributed by atoms with Crippen LogP contribution in [0.5, 0.6) is 5.75 Å². The van der Waals surface area contributed by atoms with Crippen LogP contribution in [0, 0.1) is 5.82 Å². The molecule has 0 saturated carbocycles. The minimum absolute atomic E-state index is 0.223. The van der Waals surface area contributed by atoms with Crippen molar-refractivity contribution < 1.29 is 9.13 Å². The number of methoxy groups -OCH3 is 1. The molecule has 4 heteroatoms. The van der Waals surface area contributed by atoms with Gasteiger partial charge in [-0.25, -0.2) is 4.39 Å². The maximum atomic E-state index is 14.1. The van der Waals surface area contributed by atoms with Gasteiger partial charge in [0.2, 0.25) is 0 Å². The zero-order valence-electron chi connectivity index (χ0n) is 11.8. The van der Waals surface area contributed by atoms with E-state index in [1.807, 2.05) is 12.1 Å². The molecular formula is C16H19FN2O. The fraction of sp³-hybridized carbons (Fsp3) is 0.312. The van der Waals surface area contributed by atoms with Gasteiger partial charge in [0, 0.05) is 23.9 Å². The van der Waals surface area contributed by atoms with Crippen molar-refractivity contribution in [1.29, 1.82) is 0 Å². The van der Waals surface area contributed by atoms with E-state index in [4.69, 9.17) is 4.74 Å². The van der Waals surface area contributed by atoms with E-state index in [-0.39, 0.29) is 5.82 Å². The number of hydrogen-bond acceptors (Lipinski definition) is 3. The Labute approximate surface area is 118 Å². The number of ether oxygens (including phenoxy) is 1. The molecule has 0 radical (unpaired) electrons. The molecule has 3 nitrogen and oxygen atoms in total. The van der Waals surface area contributed by atoms with Crippen LogP contribution in [0.4, 0.5) is 4.39 Å². The Kier molecular flexibility index (Phi) is 5.07. The molecule has 0 atom stereocenters. The molecule has 0 bridgehead atoms. The van der Waals surface area contributed by atoms with Crippen molar-refractivity contribution in [2.24, 2.45) is 0 Å². The summed E-state index contributed by atoms with van der Waals surface area (Å²) in [5.74, 6) is 0.419. The van der Waals surface area contributed by atoms with E-state index < -0.39 is 0 Å². The summed E-state index contributed by atoms with van der Waals surface area (Å²) in [4.78, 5) is 4.26. The summed E-state index contributed by atoms with van der Waals surface area (Å²) in [5, 5.41) is 3.19. The summed E-state index contributed by atoms with van der Waals surface area (Å²) in [6.45, 7) is 3.51. The second-order valence-corrected chi connectivity index (χ2v) is 4.54. The SMILES string of the molecule is CCCNCc1ccc(-c2ncccc2OC)cc1F. The molecule has 0 amide bonds. The molecule has 0 fully saturated rings. The minimum atomic E-state index is -0.223. The van der Waals surface area contributed by atoms with Crippen LogP contribution in [0.25, 0.3) is 11.3 Å². The van der Waals surface area contributed by atoms with Gasteiger partial charge in [0.05, 0.1) is 7.11 Å². The lowest BCUT2D eigenvalue weighted by Gasteiger charge is -2.09. The van der Waals surface area contributed by atoms with E-state index in [2.05, 4.69) is 17.2 Å².